The van der Waals surface area contributed by atoms with Crippen LogP contribution in [-0.4, -0.2) is 59.6 Å². The fraction of sp³-hybridized carbons (Fsp3) is 0.377. The number of nitro benzene ring substituents is 4. The number of H-pyrrole nitrogens is 4. The summed E-state index contributed by atoms with van der Waals surface area (Å²) in [7, 11) is 0. The summed E-state index contributed by atoms with van der Waals surface area (Å²) >= 11 is 0. The summed E-state index contributed by atoms with van der Waals surface area (Å²) < 4.78 is 0. The fourth-order valence-corrected chi connectivity index (χ4v) is 24.2. The van der Waals surface area contributed by atoms with E-state index in [9.17, 15) is 40.5 Å². The number of nitro groups is 4. The van der Waals surface area contributed by atoms with Crippen molar-refractivity contribution in [2.24, 2.45) is 0 Å². The molecule has 4 aliphatic rings. The first-order valence-electron chi connectivity index (χ1n) is 52.7. The van der Waals surface area contributed by atoms with Crippen molar-refractivity contribution in [3.63, 3.8) is 0 Å². The van der Waals surface area contributed by atoms with Crippen molar-refractivity contribution in [1.82, 2.24) is 39.9 Å². The van der Waals surface area contributed by atoms with Gasteiger partial charge in [0.15, 0.2) is 0 Å². The molecule has 0 atom stereocenters. The van der Waals surface area contributed by atoms with Gasteiger partial charge >= 0.3 is 0 Å². The van der Waals surface area contributed by atoms with E-state index in [1.165, 1.54) is 22.3 Å². The second-order valence-corrected chi connectivity index (χ2v) is 38.3. The maximum absolute atomic E-state index is 12.8. The number of aryl methyl sites for hydroxylation is 9. The maximum Gasteiger partial charge on any atom is 0.269 e. The highest BCUT2D eigenvalue weighted by molar-refractivity contribution is 6.11. The maximum atomic E-state index is 12.8. The Hall–Kier alpha value is -13.9. The molecule has 0 saturated heterocycles. The molecule has 0 amide bonds. The molecule has 0 fully saturated rings. The number of hydrogen-bond donors (Lipinski definition) is 4. The van der Waals surface area contributed by atoms with Gasteiger partial charge in [0.05, 0.1) is 92.7 Å². The third-order valence-corrected chi connectivity index (χ3v) is 30.7. The number of nitrogens with one attached hydrogen (secondary N) is 4. The molecule has 9 heterocycles. The largest absolute Gasteiger partial charge is 0.354 e. The van der Waals surface area contributed by atoms with Crippen LogP contribution < -0.4 is 0 Å². The van der Waals surface area contributed by atoms with Crippen LogP contribution in [0.3, 0.4) is 0 Å². The number of allylic oxidation sites excluding steroid dienone is 8. The Morgan fingerprint density at radius 2 is 0.592 bits per heavy atom. The molecule has 4 N–H and O–H groups in total. The van der Waals surface area contributed by atoms with Crippen LogP contribution in [0.2, 0.25) is 0 Å². The van der Waals surface area contributed by atoms with Gasteiger partial charge in [-0.2, -0.15) is 0 Å². The Kier molecular flexibility index (Phi) is 30.8. The number of benzene rings is 6. The lowest BCUT2D eigenvalue weighted by Crippen LogP contribution is -2.25. The molecule has 20 heteroatoms. The van der Waals surface area contributed by atoms with E-state index < -0.39 is 5.41 Å². The topological polar surface area (TPSA) is 287 Å². The van der Waals surface area contributed by atoms with E-state index in [1.54, 1.807) is 48.5 Å². The number of unbranched alkanes of at least 4 members (excludes halogenated alkanes) is 6. The highest BCUT2D eigenvalue weighted by atomic mass is 16.6. The van der Waals surface area contributed by atoms with Gasteiger partial charge in [-0.25, -0.2) is 15.0 Å². The Balaban J connectivity index is 1.12. The smallest absolute Gasteiger partial charge is 0.269 e. The molecule has 0 spiro atoms. The molecule has 142 heavy (non-hydrogen) atoms. The zero-order valence-corrected chi connectivity index (χ0v) is 86.7. The van der Waals surface area contributed by atoms with Gasteiger partial charge in [-0.1, -0.05) is 206 Å². The SMILES string of the molecule is CC/C=C(\CC)c1nc(C)cc2[nH]c(c(CC)c2CC)c(-c2ccc([N+](=O)[O-])cc2)c2nc(c(-c3ccc4c(c3)C(CCCCCC)(CCCCCC)c3cc(-c5c6nc(c(-c7ccc([N+](=O)[O-])cc7)c7[nH]c(cc8nc(c(-c9ccc([N+](=O)[O-])cc9)c9[nH]c5c(CC)c9CC)C(CC)=C8CC)c(CC)c7CC)C(CC)=C6CC)ccc3-4)c3[nH]c(c(CC)c3CC)c1-c1ccc([N+](=O)[O-])cc1)C(CC)=C2CC. The molecule has 16 rings (SSSR count). The molecule has 14 bridgehead atoms. The van der Waals surface area contributed by atoms with Crippen LogP contribution in [0.5, 0.6) is 0 Å². The number of aromatic nitrogens is 8. The minimum absolute atomic E-state index is 0.00748. The standard InChI is InChI=1S/C122H138N12O8/c1-20-38-40-42-65-122(66-43-41-39-21-2)99-68-77(108-118-93(34-15)89(30-11)114(127-118)104(73-45-55-79(56-46-73)131(135)136)110(72(23-4)44-22-3)123-71(19)67-101-83(24-5)86(27-8)111(124-101)105(74-47-57-80(58-48-74)132(137)138)115-90(31-12)94(35-16)119(108)128-115)53-63-97(99)98-64-54-78(69-100(98)122)109-120-95(36-17)91(32-13)116(129-120)106(75-49-59-81(60-50-75)133(139)140)112-87(28-9)84(25-6)102(125-112)70-103-85(26-7)88(29-10)113(126-103)107(76-51-61-82(62-52-76)134(141)142)117-92(33-14)96(37-18)121(109)130-117/h44-64,67-70,124-125,127,130H,20-43,65-66H2,1-19H3/b71-67?,72-44+,101-67?,102-70?,103-70?,110-104?,111-105?,112-106?,113-107?,114-104?,115-105?,116-106?,117-107?,118-108?,119-108?,120-109?,121-109?,123-71?,123-110?. The third-order valence-electron chi connectivity index (χ3n) is 30.7. The number of fused-ring (bicyclic) bond motifs is 17. The van der Waals surface area contributed by atoms with E-state index in [2.05, 4.69) is 206 Å². The molecule has 12 aromatic rings. The molecule has 1 aliphatic carbocycles. The molecule has 734 valence electrons. The van der Waals surface area contributed by atoms with Gasteiger partial charge in [-0.05, 0) is 334 Å². The summed E-state index contributed by atoms with van der Waals surface area (Å²) in [5.74, 6) is 0. The molecule has 20 nitrogen and oxygen atoms in total. The van der Waals surface area contributed by atoms with E-state index in [4.69, 9.17) is 19.9 Å². The predicted octanol–water partition coefficient (Wildman–Crippen LogP) is 34.7. The van der Waals surface area contributed by atoms with Crippen LogP contribution in [0.25, 0.3) is 161 Å². The number of nitrogens with zero attached hydrogens (tertiary/aromatic N) is 8. The van der Waals surface area contributed by atoms with E-state index in [1.807, 2.05) is 48.5 Å². The van der Waals surface area contributed by atoms with E-state index in [0.29, 0.717) is 96.3 Å². The zero-order valence-electron chi connectivity index (χ0n) is 86.7. The molecule has 0 unspecified atom stereocenters. The summed E-state index contributed by atoms with van der Waals surface area (Å²) in [4.78, 5) is 91.2. The van der Waals surface area contributed by atoms with E-state index in [-0.39, 0.29) is 42.4 Å². The lowest BCUT2D eigenvalue weighted by atomic mass is 9.69. The minimum atomic E-state index is -0.606. The van der Waals surface area contributed by atoms with Crippen LogP contribution >= 0.6 is 0 Å². The molecular formula is C122H138N12O8. The van der Waals surface area contributed by atoms with Crippen molar-refractivity contribution in [3.05, 3.63) is 293 Å². The first-order valence-corrected chi connectivity index (χ1v) is 52.7. The predicted molar refractivity (Wildman–Crippen MR) is 589 cm³/mol. The molecular weight excluding hydrogens is 1760 g/mol. The lowest BCUT2D eigenvalue weighted by molar-refractivity contribution is -0.385. The Bertz CT molecular complexity index is 7420. The first-order chi connectivity index (χ1) is 68.9. The van der Waals surface area contributed by atoms with Gasteiger partial charge in [-0.15, -0.1) is 0 Å². The number of non-ortho nitro benzene ring substituents is 4. The Morgan fingerprint density at radius 1 is 0.303 bits per heavy atom. The van der Waals surface area contributed by atoms with E-state index >= 15 is 0 Å². The Labute approximate surface area is 835 Å². The second-order valence-electron chi connectivity index (χ2n) is 38.3. The summed E-state index contributed by atoms with van der Waals surface area (Å²) in [6.45, 7) is 42.1. The quantitative estimate of drug-likeness (QED) is 0.0161. The van der Waals surface area contributed by atoms with Crippen molar-refractivity contribution >= 4 is 106 Å². The van der Waals surface area contributed by atoms with Gasteiger partial charge in [0.1, 0.15) is 0 Å². The minimum Gasteiger partial charge on any atom is -0.354 e. The van der Waals surface area contributed by atoms with Gasteiger partial charge in [0.25, 0.3) is 22.7 Å². The molecule has 6 aromatic carbocycles. The van der Waals surface area contributed by atoms with Crippen molar-refractivity contribution in [2.75, 3.05) is 0 Å². The average molecular weight is 1900 g/mol. The highest BCUT2D eigenvalue weighted by Gasteiger charge is 2.45. The Morgan fingerprint density at radius 3 is 0.901 bits per heavy atom. The van der Waals surface area contributed by atoms with Crippen molar-refractivity contribution in [2.45, 2.75) is 304 Å². The van der Waals surface area contributed by atoms with Crippen molar-refractivity contribution in [1.29, 1.82) is 0 Å². The van der Waals surface area contributed by atoms with Gasteiger partial charge in [-0.3, -0.25) is 45.4 Å². The van der Waals surface area contributed by atoms with Crippen LogP contribution in [0.4, 0.5) is 22.7 Å². The molecule has 3 aliphatic heterocycles. The zero-order chi connectivity index (χ0) is 101. The highest BCUT2D eigenvalue weighted by Crippen LogP contribution is 2.59. The number of aromatic amines is 4. The van der Waals surface area contributed by atoms with Crippen LogP contribution in [-0.2, 0) is 56.8 Å². The first kappa shape index (κ1) is 101. The average Bonchev–Trinajstić information content (AvgIpc) is 1.55. The summed E-state index contributed by atoms with van der Waals surface area (Å²) in [5.41, 5.74) is 45.0. The monoisotopic (exact) mass is 1900 g/mol. The number of hydrogen-bond acceptors (Lipinski definition) is 12. The lowest BCUT2D eigenvalue weighted by Gasteiger charge is -2.33. The molecule has 6 aromatic heterocycles. The van der Waals surface area contributed by atoms with Gasteiger partial charge in [0.2, 0.25) is 0 Å². The van der Waals surface area contributed by atoms with Gasteiger partial charge in [0, 0.05) is 104 Å². The second kappa shape index (κ2) is 43.3. The van der Waals surface area contributed by atoms with Crippen LogP contribution in [0.15, 0.2) is 152 Å². The number of rotatable bonds is 37. The van der Waals surface area contributed by atoms with Crippen molar-refractivity contribution < 1.29 is 19.7 Å². The van der Waals surface area contributed by atoms with Crippen LogP contribution in [0.1, 0.15) is 341 Å². The summed E-state index contributed by atoms with van der Waals surface area (Å²) in [5, 5.41) is 51.2. The summed E-state index contributed by atoms with van der Waals surface area (Å²) in [6, 6.07) is 47.2. The van der Waals surface area contributed by atoms with E-state index in [0.717, 1.165) is 311 Å². The van der Waals surface area contributed by atoms with Crippen LogP contribution in [0, 0.1) is 47.4 Å². The third kappa shape index (κ3) is 18.0. The molecule has 0 saturated carbocycles. The van der Waals surface area contributed by atoms with Gasteiger partial charge < -0.3 is 19.9 Å². The summed E-state index contributed by atoms with van der Waals surface area (Å²) in [6.07, 6.45) is 22.5. The normalized spacial score (nSPS) is 13.2. The van der Waals surface area contributed by atoms with Crippen molar-refractivity contribution in [3.8, 4) is 77.9 Å². The fourth-order valence-electron chi connectivity index (χ4n) is 24.2. The molecule has 0 radical (unpaired) electrons.